The van der Waals surface area contributed by atoms with Gasteiger partial charge in [0.15, 0.2) is 5.96 Å². The van der Waals surface area contributed by atoms with E-state index in [2.05, 4.69) is 35.7 Å². The van der Waals surface area contributed by atoms with Crippen molar-refractivity contribution in [2.24, 2.45) is 4.99 Å². The molecule has 0 aliphatic carbocycles. The number of halogens is 1. The molecule has 0 radical (unpaired) electrons. The fourth-order valence-corrected chi connectivity index (χ4v) is 1.44. The van der Waals surface area contributed by atoms with Gasteiger partial charge in [0, 0.05) is 17.8 Å². The van der Waals surface area contributed by atoms with Gasteiger partial charge in [-0.3, -0.25) is 4.79 Å². The van der Waals surface area contributed by atoms with E-state index in [0.29, 0.717) is 5.96 Å². The molecule has 0 rings (SSSR count). The standard InChI is InChI=1S/C14H29N3O2S.HI/c1-8-15-12(17-10-14(5,6)20-7)16-9-11(18)19-13(2,3)4;/h8-10H2,1-7H3,(H2,15,16,17);1H. The van der Waals surface area contributed by atoms with Crippen molar-refractivity contribution < 1.29 is 9.53 Å². The molecule has 0 fully saturated rings. The van der Waals surface area contributed by atoms with Gasteiger partial charge in [-0.1, -0.05) is 0 Å². The molecule has 0 heterocycles. The Morgan fingerprint density at radius 3 is 2.19 bits per heavy atom. The van der Waals surface area contributed by atoms with Crippen LogP contribution in [0.2, 0.25) is 0 Å². The summed E-state index contributed by atoms with van der Waals surface area (Å²) in [5.74, 6) is 0.319. The average Bonchev–Trinajstić information content (AvgIpc) is 2.30. The van der Waals surface area contributed by atoms with Crippen molar-refractivity contribution in [1.29, 1.82) is 0 Å². The molecular formula is C14H30IN3O2S. The predicted molar refractivity (Wildman–Crippen MR) is 103 cm³/mol. The second-order valence-electron chi connectivity index (χ2n) is 6.10. The Labute approximate surface area is 150 Å². The van der Waals surface area contributed by atoms with E-state index in [1.807, 2.05) is 27.7 Å². The van der Waals surface area contributed by atoms with Gasteiger partial charge in [-0.25, -0.2) is 4.99 Å². The number of thioether (sulfide) groups is 1. The molecule has 7 heteroatoms. The maximum atomic E-state index is 11.6. The Bertz CT molecular complexity index is 342. The fourth-order valence-electron chi connectivity index (χ4n) is 1.23. The van der Waals surface area contributed by atoms with Gasteiger partial charge in [0.05, 0.1) is 0 Å². The van der Waals surface area contributed by atoms with Gasteiger partial charge < -0.3 is 15.4 Å². The van der Waals surface area contributed by atoms with Crippen LogP contribution >= 0.6 is 35.7 Å². The lowest BCUT2D eigenvalue weighted by molar-refractivity contribution is -0.152. The molecule has 0 unspecified atom stereocenters. The van der Waals surface area contributed by atoms with Crippen LogP contribution in [0.25, 0.3) is 0 Å². The van der Waals surface area contributed by atoms with Crippen LogP contribution in [0.15, 0.2) is 4.99 Å². The number of rotatable bonds is 6. The molecule has 0 saturated heterocycles. The van der Waals surface area contributed by atoms with Crippen molar-refractivity contribution in [3.63, 3.8) is 0 Å². The summed E-state index contributed by atoms with van der Waals surface area (Å²) in [6.07, 6.45) is 2.08. The zero-order valence-electron chi connectivity index (χ0n) is 14.2. The number of esters is 1. The van der Waals surface area contributed by atoms with E-state index in [1.165, 1.54) is 0 Å². The van der Waals surface area contributed by atoms with Gasteiger partial charge in [0.2, 0.25) is 0 Å². The Kier molecular flexibility index (Phi) is 11.6. The largest absolute Gasteiger partial charge is 0.459 e. The zero-order valence-corrected chi connectivity index (χ0v) is 17.3. The molecule has 0 spiro atoms. The van der Waals surface area contributed by atoms with Crippen molar-refractivity contribution in [3.05, 3.63) is 0 Å². The second kappa shape index (κ2) is 10.5. The lowest BCUT2D eigenvalue weighted by Gasteiger charge is -2.24. The van der Waals surface area contributed by atoms with E-state index >= 15 is 0 Å². The number of carbonyl (C=O) groups excluding carboxylic acids is 1. The van der Waals surface area contributed by atoms with Crippen molar-refractivity contribution in [1.82, 2.24) is 10.6 Å². The predicted octanol–water partition coefficient (Wildman–Crippen LogP) is 2.64. The Hall–Kier alpha value is -0.180. The molecule has 21 heavy (non-hydrogen) atoms. The van der Waals surface area contributed by atoms with Gasteiger partial charge in [0.25, 0.3) is 0 Å². The normalized spacial score (nSPS) is 12.4. The summed E-state index contributed by atoms with van der Waals surface area (Å²) in [5, 5.41) is 6.36. The first kappa shape index (κ1) is 23.1. The number of hydrogen-bond acceptors (Lipinski definition) is 4. The molecule has 2 N–H and O–H groups in total. The van der Waals surface area contributed by atoms with Crippen molar-refractivity contribution in [2.45, 2.75) is 51.9 Å². The smallest absolute Gasteiger partial charge is 0.328 e. The highest BCUT2D eigenvalue weighted by atomic mass is 127. The van der Waals surface area contributed by atoms with Gasteiger partial charge in [-0.15, -0.1) is 24.0 Å². The van der Waals surface area contributed by atoms with Gasteiger partial charge in [-0.05, 0) is 47.8 Å². The van der Waals surface area contributed by atoms with Crippen molar-refractivity contribution in [2.75, 3.05) is 25.9 Å². The Balaban J connectivity index is 0. The lowest BCUT2D eigenvalue weighted by atomic mass is 10.2. The van der Waals surface area contributed by atoms with Crippen LogP contribution in [-0.4, -0.2) is 48.2 Å². The summed E-state index contributed by atoms with van der Waals surface area (Å²) in [6.45, 7) is 13.4. The van der Waals surface area contributed by atoms with Crippen molar-refractivity contribution >= 4 is 47.7 Å². The van der Waals surface area contributed by atoms with Crippen molar-refractivity contribution in [3.8, 4) is 0 Å². The first-order valence-corrected chi connectivity index (χ1v) is 8.11. The minimum atomic E-state index is -0.473. The SMILES string of the molecule is CCNC(=NCC(=O)OC(C)(C)C)NCC(C)(C)SC.I. The summed E-state index contributed by atoms with van der Waals surface area (Å²) in [5.41, 5.74) is -0.473. The third-order valence-corrected chi connectivity index (χ3v) is 3.61. The number of hydrogen-bond donors (Lipinski definition) is 2. The molecule has 5 nitrogen and oxygen atoms in total. The quantitative estimate of drug-likeness (QED) is 0.293. The molecule has 0 bridgehead atoms. The minimum absolute atomic E-state index is 0. The Morgan fingerprint density at radius 1 is 1.19 bits per heavy atom. The summed E-state index contributed by atoms with van der Waals surface area (Å²) >= 11 is 1.78. The molecule has 126 valence electrons. The second-order valence-corrected chi connectivity index (χ2v) is 7.61. The first-order valence-electron chi connectivity index (χ1n) is 6.89. The summed E-state index contributed by atoms with van der Waals surface area (Å²) < 4.78 is 5.34. The summed E-state index contributed by atoms with van der Waals surface area (Å²) in [6, 6.07) is 0. The monoisotopic (exact) mass is 431 g/mol. The summed E-state index contributed by atoms with van der Waals surface area (Å²) in [7, 11) is 0. The van der Waals surface area contributed by atoms with Crippen LogP contribution in [0.4, 0.5) is 0 Å². The number of ether oxygens (including phenoxy) is 1. The minimum Gasteiger partial charge on any atom is -0.459 e. The maximum Gasteiger partial charge on any atom is 0.328 e. The average molecular weight is 431 g/mol. The third-order valence-electron chi connectivity index (χ3n) is 2.36. The van der Waals surface area contributed by atoms with Crippen LogP contribution in [0.1, 0.15) is 41.5 Å². The topological polar surface area (TPSA) is 62.7 Å². The highest BCUT2D eigenvalue weighted by Crippen LogP contribution is 2.19. The lowest BCUT2D eigenvalue weighted by Crippen LogP contribution is -2.43. The maximum absolute atomic E-state index is 11.6. The number of nitrogens with zero attached hydrogens (tertiary/aromatic N) is 1. The molecule has 0 aliphatic heterocycles. The van der Waals surface area contributed by atoms with E-state index in [0.717, 1.165) is 13.1 Å². The first-order chi connectivity index (χ1) is 9.09. The van der Waals surface area contributed by atoms with E-state index < -0.39 is 5.60 Å². The molecule has 0 aliphatic rings. The van der Waals surface area contributed by atoms with Crippen LogP contribution in [-0.2, 0) is 9.53 Å². The van der Waals surface area contributed by atoms with E-state index in [-0.39, 0.29) is 41.2 Å². The zero-order chi connectivity index (χ0) is 15.8. The third kappa shape index (κ3) is 13.2. The van der Waals surface area contributed by atoms with Crippen LogP contribution in [0.5, 0.6) is 0 Å². The van der Waals surface area contributed by atoms with Crippen LogP contribution < -0.4 is 10.6 Å². The molecule has 0 saturated carbocycles. The molecule has 0 aromatic heterocycles. The number of guanidine groups is 1. The molecule has 0 aromatic rings. The summed E-state index contributed by atoms with van der Waals surface area (Å²) in [4.78, 5) is 15.9. The Morgan fingerprint density at radius 2 is 1.76 bits per heavy atom. The number of aliphatic imine (C=N–C) groups is 1. The van der Waals surface area contributed by atoms with Gasteiger partial charge in [-0.2, -0.15) is 11.8 Å². The van der Waals surface area contributed by atoms with E-state index in [1.54, 1.807) is 11.8 Å². The van der Waals surface area contributed by atoms with Gasteiger partial charge >= 0.3 is 5.97 Å². The van der Waals surface area contributed by atoms with E-state index in [4.69, 9.17) is 4.74 Å². The highest BCUT2D eigenvalue weighted by molar-refractivity contribution is 14.0. The van der Waals surface area contributed by atoms with E-state index in [9.17, 15) is 4.79 Å². The number of nitrogens with one attached hydrogen (secondary N) is 2. The van der Waals surface area contributed by atoms with Crippen LogP contribution in [0.3, 0.4) is 0 Å². The molecule has 0 amide bonds. The fraction of sp³-hybridized carbons (Fsp3) is 0.857. The van der Waals surface area contributed by atoms with Crippen LogP contribution in [0, 0.1) is 0 Å². The highest BCUT2D eigenvalue weighted by Gasteiger charge is 2.17. The number of carbonyl (C=O) groups is 1. The molecule has 0 aromatic carbocycles. The molecular weight excluding hydrogens is 401 g/mol. The van der Waals surface area contributed by atoms with Gasteiger partial charge in [0.1, 0.15) is 12.1 Å². The molecule has 0 atom stereocenters.